The van der Waals surface area contributed by atoms with Crippen molar-refractivity contribution >= 4 is 71.3 Å². The van der Waals surface area contributed by atoms with Gasteiger partial charge in [0.15, 0.2) is 23.1 Å². The molecular weight excluding hydrogens is 713 g/mol. The molecular formula is C52H32N4O2. The molecule has 4 aromatic heterocycles. The minimum Gasteiger partial charge on any atom is -0.455 e. The van der Waals surface area contributed by atoms with Gasteiger partial charge in [-0.2, -0.15) is 0 Å². The fraction of sp³-hybridized carbons (Fsp3) is 0.0192. The first-order valence-electron chi connectivity index (χ1n) is 19.5. The van der Waals surface area contributed by atoms with Crippen molar-refractivity contribution in [3.8, 4) is 39.6 Å². The SMILES string of the molecule is C1=CC=C(c2nc(-c3ccccc3)nc(-c3cccc4c3oc3c(-n5c6ccccc6c6cc(-c7cccc8c7oc7ccccc78)ccc65)cccc34)n2)CC=C1. The number of fused-ring (bicyclic) bond motifs is 9. The van der Waals surface area contributed by atoms with Crippen LogP contribution >= 0.6 is 0 Å². The Balaban J connectivity index is 1.05. The van der Waals surface area contributed by atoms with Gasteiger partial charge in [-0.1, -0.05) is 146 Å². The van der Waals surface area contributed by atoms with Crippen molar-refractivity contribution in [2.45, 2.75) is 6.42 Å². The second-order valence-electron chi connectivity index (χ2n) is 14.7. The lowest BCUT2D eigenvalue weighted by molar-refractivity contribution is 0.667. The molecule has 272 valence electrons. The van der Waals surface area contributed by atoms with Gasteiger partial charge < -0.3 is 13.4 Å². The zero-order valence-corrected chi connectivity index (χ0v) is 31.1. The number of hydrogen-bond acceptors (Lipinski definition) is 5. The van der Waals surface area contributed by atoms with Crippen LogP contribution in [0.1, 0.15) is 12.2 Å². The standard InChI is InChI=1S/C52H32N4O2/c1-2-5-16-32(15-4-1)50-53-51(33-17-6-3-7-18-33)55-52(54-50)41-25-13-23-39-40-24-14-27-45(49(40)58-48(39)41)56-43-26-10-8-19-36(43)42-31-34(29-30-44(42)56)35-21-12-22-38-37-20-9-11-28-46(37)57-47(35)38/h1-15,17-31H,16H2. The summed E-state index contributed by atoms with van der Waals surface area (Å²) in [5, 5.41) is 6.57. The summed E-state index contributed by atoms with van der Waals surface area (Å²) in [6.45, 7) is 0. The van der Waals surface area contributed by atoms with Gasteiger partial charge in [0.2, 0.25) is 0 Å². The third-order valence-corrected chi connectivity index (χ3v) is 11.3. The van der Waals surface area contributed by atoms with E-state index in [1.165, 1.54) is 0 Å². The molecule has 12 rings (SSSR count). The van der Waals surface area contributed by atoms with E-state index in [1.54, 1.807) is 0 Å². The van der Waals surface area contributed by atoms with Gasteiger partial charge in [0, 0.05) is 49.0 Å². The Morgan fingerprint density at radius 3 is 2.00 bits per heavy atom. The molecule has 6 heteroatoms. The van der Waals surface area contributed by atoms with Crippen LogP contribution in [0.15, 0.2) is 191 Å². The van der Waals surface area contributed by atoms with Crippen LogP contribution in [0.2, 0.25) is 0 Å². The summed E-state index contributed by atoms with van der Waals surface area (Å²) in [6, 6.07) is 52.7. The summed E-state index contributed by atoms with van der Waals surface area (Å²) in [4.78, 5) is 15.2. The highest BCUT2D eigenvalue weighted by Gasteiger charge is 2.22. The molecule has 6 nitrogen and oxygen atoms in total. The quantitative estimate of drug-likeness (QED) is 0.175. The number of nitrogens with zero attached hydrogens (tertiary/aromatic N) is 4. The lowest BCUT2D eigenvalue weighted by atomic mass is 10.0. The molecule has 0 saturated heterocycles. The van der Waals surface area contributed by atoms with Crippen molar-refractivity contribution in [3.05, 3.63) is 188 Å². The van der Waals surface area contributed by atoms with E-state index in [1.807, 2.05) is 60.7 Å². The molecule has 0 bridgehead atoms. The molecule has 0 spiro atoms. The predicted molar refractivity (Wildman–Crippen MR) is 236 cm³/mol. The number of allylic oxidation sites excluding steroid dienone is 6. The van der Waals surface area contributed by atoms with Crippen LogP contribution in [0, 0.1) is 0 Å². The van der Waals surface area contributed by atoms with E-state index in [9.17, 15) is 0 Å². The van der Waals surface area contributed by atoms with Gasteiger partial charge in [-0.3, -0.25) is 0 Å². The van der Waals surface area contributed by atoms with Crippen LogP contribution in [0.5, 0.6) is 0 Å². The van der Waals surface area contributed by atoms with Crippen molar-refractivity contribution < 1.29 is 8.83 Å². The lowest BCUT2D eigenvalue weighted by Gasteiger charge is -2.10. The molecule has 58 heavy (non-hydrogen) atoms. The molecule has 0 fully saturated rings. The zero-order chi connectivity index (χ0) is 38.2. The van der Waals surface area contributed by atoms with E-state index in [2.05, 4.69) is 126 Å². The Labute approximate surface area is 332 Å². The Morgan fingerprint density at radius 1 is 0.431 bits per heavy atom. The molecule has 0 unspecified atom stereocenters. The molecule has 0 saturated carbocycles. The molecule has 0 aliphatic heterocycles. The molecule has 11 aromatic rings. The average molecular weight is 745 g/mol. The van der Waals surface area contributed by atoms with Crippen molar-refractivity contribution in [1.29, 1.82) is 0 Å². The highest BCUT2D eigenvalue weighted by Crippen LogP contribution is 2.43. The lowest BCUT2D eigenvalue weighted by Crippen LogP contribution is -2.03. The monoisotopic (exact) mass is 744 g/mol. The molecule has 4 heterocycles. The van der Waals surface area contributed by atoms with Gasteiger partial charge in [0.05, 0.1) is 22.3 Å². The van der Waals surface area contributed by atoms with Crippen molar-refractivity contribution in [3.63, 3.8) is 0 Å². The van der Waals surface area contributed by atoms with Crippen molar-refractivity contribution in [2.24, 2.45) is 0 Å². The van der Waals surface area contributed by atoms with Crippen LogP contribution in [-0.2, 0) is 0 Å². The third-order valence-electron chi connectivity index (χ3n) is 11.3. The molecule has 7 aromatic carbocycles. The summed E-state index contributed by atoms with van der Waals surface area (Å²) in [6.07, 6.45) is 11.0. The maximum Gasteiger partial charge on any atom is 0.167 e. The summed E-state index contributed by atoms with van der Waals surface area (Å²) in [5.41, 5.74) is 11.4. The second-order valence-corrected chi connectivity index (χ2v) is 14.7. The second kappa shape index (κ2) is 12.9. The van der Waals surface area contributed by atoms with E-state index in [-0.39, 0.29) is 0 Å². The fourth-order valence-corrected chi connectivity index (χ4v) is 8.63. The van der Waals surface area contributed by atoms with E-state index in [0.717, 1.165) is 106 Å². The van der Waals surface area contributed by atoms with Gasteiger partial charge in [0.25, 0.3) is 0 Å². The van der Waals surface area contributed by atoms with E-state index < -0.39 is 0 Å². The number of benzene rings is 7. The minimum absolute atomic E-state index is 0.567. The van der Waals surface area contributed by atoms with Crippen LogP contribution in [0.4, 0.5) is 0 Å². The number of para-hydroxylation sites is 5. The van der Waals surface area contributed by atoms with Crippen molar-refractivity contribution in [1.82, 2.24) is 19.5 Å². The van der Waals surface area contributed by atoms with Crippen molar-refractivity contribution in [2.75, 3.05) is 0 Å². The van der Waals surface area contributed by atoms with Crippen LogP contribution < -0.4 is 0 Å². The third kappa shape index (κ3) is 5.02. The van der Waals surface area contributed by atoms with Gasteiger partial charge in [-0.25, -0.2) is 15.0 Å². The average Bonchev–Trinajstić information content (AvgIpc) is 3.88. The summed E-state index contributed by atoms with van der Waals surface area (Å²) in [7, 11) is 0. The Morgan fingerprint density at radius 2 is 1.10 bits per heavy atom. The van der Waals surface area contributed by atoms with Gasteiger partial charge in [0.1, 0.15) is 16.7 Å². The van der Waals surface area contributed by atoms with E-state index in [0.29, 0.717) is 17.5 Å². The highest BCUT2D eigenvalue weighted by molar-refractivity contribution is 6.16. The minimum atomic E-state index is 0.567. The summed E-state index contributed by atoms with van der Waals surface area (Å²) < 4.78 is 15.8. The first-order valence-corrected chi connectivity index (χ1v) is 19.5. The van der Waals surface area contributed by atoms with Gasteiger partial charge in [-0.15, -0.1) is 0 Å². The summed E-state index contributed by atoms with van der Waals surface area (Å²) >= 11 is 0. The Hall–Kier alpha value is -7.83. The maximum absolute atomic E-state index is 7.04. The van der Waals surface area contributed by atoms with Gasteiger partial charge in [-0.05, 0) is 48.4 Å². The van der Waals surface area contributed by atoms with Crippen LogP contribution in [0.3, 0.4) is 0 Å². The van der Waals surface area contributed by atoms with Crippen LogP contribution in [0.25, 0.3) is 111 Å². The van der Waals surface area contributed by atoms with Crippen LogP contribution in [-0.4, -0.2) is 19.5 Å². The van der Waals surface area contributed by atoms with E-state index in [4.69, 9.17) is 23.8 Å². The topological polar surface area (TPSA) is 69.9 Å². The Bertz CT molecular complexity index is 3550. The first kappa shape index (κ1) is 32.4. The molecule has 0 radical (unpaired) electrons. The maximum atomic E-state index is 7.04. The largest absolute Gasteiger partial charge is 0.455 e. The highest BCUT2D eigenvalue weighted by atomic mass is 16.3. The molecule has 0 N–H and O–H groups in total. The molecule has 0 amide bonds. The fourth-order valence-electron chi connectivity index (χ4n) is 8.63. The Kier molecular flexibility index (Phi) is 7.19. The number of rotatable bonds is 5. The molecule has 0 atom stereocenters. The summed E-state index contributed by atoms with van der Waals surface area (Å²) in [5.74, 6) is 1.83. The molecule has 1 aliphatic rings. The number of hydrogen-bond donors (Lipinski definition) is 0. The zero-order valence-electron chi connectivity index (χ0n) is 31.1. The number of furan rings is 2. The smallest absolute Gasteiger partial charge is 0.167 e. The number of aromatic nitrogens is 4. The van der Waals surface area contributed by atoms with Gasteiger partial charge >= 0.3 is 0 Å². The molecule has 1 aliphatic carbocycles. The normalized spacial score (nSPS) is 13.1. The predicted octanol–water partition coefficient (Wildman–Crippen LogP) is 13.7. The van der Waals surface area contributed by atoms with E-state index >= 15 is 0 Å². The first-order chi connectivity index (χ1) is 28.8.